The number of esters is 1. The average Bonchev–Trinajstić information content (AvgIpc) is 2.89. The van der Waals surface area contributed by atoms with E-state index in [0.717, 1.165) is 5.56 Å². The molecule has 8 nitrogen and oxygen atoms in total. The molecule has 3 rings (SSSR count). The van der Waals surface area contributed by atoms with E-state index >= 15 is 0 Å². The molecule has 0 heterocycles. The van der Waals surface area contributed by atoms with Crippen LogP contribution in [0.1, 0.15) is 64.6 Å². The van der Waals surface area contributed by atoms with Crippen molar-refractivity contribution in [2.24, 2.45) is 5.92 Å². The van der Waals surface area contributed by atoms with Gasteiger partial charge in [-0.05, 0) is 72.9 Å². The fraction of sp³-hybridized carbons (Fsp3) is 0.300. The van der Waals surface area contributed by atoms with Crippen LogP contribution in [-0.4, -0.2) is 41.1 Å². The Morgan fingerprint density at radius 3 is 2.24 bits per heavy atom. The maximum Gasteiger partial charge on any atom is 0.338 e. The van der Waals surface area contributed by atoms with Crippen molar-refractivity contribution in [2.75, 3.05) is 13.2 Å². The second kappa shape index (κ2) is 13.3. The van der Waals surface area contributed by atoms with Gasteiger partial charge in [0.1, 0.15) is 23.9 Å². The molecule has 0 aliphatic rings. The molecule has 0 spiro atoms. The van der Waals surface area contributed by atoms with Gasteiger partial charge in [0.2, 0.25) is 0 Å². The van der Waals surface area contributed by atoms with Gasteiger partial charge in [-0.2, -0.15) is 0 Å². The topological polar surface area (TPSA) is 119 Å². The van der Waals surface area contributed by atoms with Gasteiger partial charge in [0.05, 0.1) is 24.3 Å². The number of carbonyl (C=O) groups excluding carboxylic acids is 2. The van der Waals surface area contributed by atoms with Crippen LogP contribution in [0.4, 0.5) is 0 Å². The van der Waals surface area contributed by atoms with Crippen molar-refractivity contribution in [2.45, 2.75) is 40.2 Å². The molecular weight excluding hydrogens is 488 g/mol. The molecular formula is C30H32O8. The minimum atomic E-state index is -0.975. The molecule has 8 heteroatoms. The Bertz CT molecular complexity index is 1280. The number of phenols is 1. The zero-order valence-electron chi connectivity index (χ0n) is 21.7. The summed E-state index contributed by atoms with van der Waals surface area (Å²) in [5.41, 5.74) is 2.19. The number of ketones is 1. The molecule has 0 bridgehead atoms. The standard InChI is InChI=1S/C30H32O8/c1-4-36-30(35)21-7-5-20(6-8-21)18-38-27-13-9-23(15-22(27)10-14-28(32)33)29(34)25-12-11-24(16-26(25)31)37-17-19(2)3/h5-9,11-13,15-16,19,31H,4,10,14,17-18H2,1-3H3,(H,32,33). The smallest absolute Gasteiger partial charge is 0.338 e. The first kappa shape index (κ1) is 28.2. The first-order valence-corrected chi connectivity index (χ1v) is 12.4. The number of ether oxygens (including phenoxy) is 3. The van der Waals surface area contributed by atoms with Crippen LogP contribution in [0.5, 0.6) is 17.2 Å². The van der Waals surface area contributed by atoms with Crippen molar-refractivity contribution in [1.29, 1.82) is 0 Å². The minimum Gasteiger partial charge on any atom is -0.507 e. The number of aromatic hydroxyl groups is 1. The third-order valence-electron chi connectivity index (χ3n) is 5.59. The van der Waals surface area contributed by atoms with Crippen LogP contribution in [-0.2, 0) is 22.6 Å². The Labute approximate surface area is 221 Å². The van der Waals surface area contributed by atoms with Crippen LogP contribution in [0.25, 0.3) is 0 Å². The lowest BCUT2D eigenvalue weighted by atomic mass is 9.98. The zero-order chi connectivity index (χ0) is 27.7. The largest absolute Gasteiger partial charge is 0.507 e. The summed E-state index contributed by atoms with van der Waals surface area (Å²) in [6, 6.07) is 16.1. The van der Waals surface area contributed by atoms with Crippen LogP contribution in [0.15, 0.2) is 60.7 Å². The Balaban J connectivity index is 1.78. The third-order valence-corrected chi connectivity index (χ3v) is 5.59. The molecule has 0 saturated carbocycles. The number of hydrogen-bond donors (Lipinski definition) is 2. The lowest BCUT2D eigenvalue weighted by Gasteiger charge is -2.14. The molecule has 3 aromatic carbocycles. The van der Waals surface area contributed by atoms with E-state index in [1.165, 1.54) is 12.1 Å². The van der Waals surface area contributed by atoms with E-state index in [0.29, 0.717) is 47.3 Å². The molecule has 2 N–H and O–H groups in total. The summed E-state index contributed by atoms with van der Waals surface area (Å²) in [6.07, 6.45) is 0.0108. The lowest BCUT2D eigenvalue weighted by molar-refractivity contribution is -0.136. The van der Waals surface area contributed by atoms with Crippen LogP contribution < -0.4 is 9.47 Å². The van der Waals surface area contributed by atoms with Crippen LogP contribution >= 0.6 is 0 Å². The van der Waals surface area contributed by atoms with Crippen molar-refractivity contribution in [3.05, 3.63) is 88.5 Å². The number of aryl methyl sites for hydroxylation is 1. The summed E-state index contributed by atoms with van der Waals surface area (Å²) < 4.78 is 16.5. The summed E-state index contributed by atoms with van der Waals surface area (Å²) in [6.45, 7) is 6.71. The number of carboxylic acids is 1. The molecule has 0 unspecified atom stereocenters. The molecule has 0 aliphatic carbocycles. The summed E-state index contributed by atoms with van der Waals surface area (Å²) >= 11 is 0. The number of hydrogen-bond acceptors (Lipinski definition) is 7. The summed E-state index contributed by atoms with van der Waals surface area (Å²) in [7, 11) is 0. The van der Waals surface area contributed by atoms with E-state index in [2.05, 4.69) is 0 Å². The van der Waals surface area contributed by atoms with Gasteiger partial charge in [-0.3, -0.25) is 9.59 Å². The van der Waals surface area contributed by atoms with Crippen LogP contribution in [0.3, 0.4) is 0 Å². The first-order chi connectivity index (χ1) is 18.2. The molecule has 0 atom stereocenters. The molecule has 38 heavy (non-hydrogen) atoms. The van der Waals surface area contributed by atoms with Crippen molar-refractivity contribution in [3.63, 3.8) is 0 Å². The molecule has 0 fully saturated rings. The normalized spacial score (nSPS) is 10.7. The number of rotatable bonds is 13. The summed E-state index contributed by atoms with van der Waals surface area (Å²) in [4.78, 5) is 36.2. The number of carboxylic acid groups (broad SMARTS) is 1. The Morgan fingerprint density at radius 2 is 1.61 bits per heavy atom. The summed E-state index contributed by atoms with van der Waals surface area (Å²) in [5, 5.41) is 19.6. The quantitative estimate of drug-likeness (QED) is 0.226. The van der Waals surface area contributed by atoms with Crippen molar-refractivity contribution >= 4 is 17.7 Å². The maximum atomic E-state index is 13.2. The fourth-order valence-corrected chi connectivity index (χ4v) is 3.62. The van der Waals surface area contributed by atoms with E-state index < -0.39 is 17.7 Å². The summed E-state index contributed by atoms with van der Waals surface area (Å²) in [5.74, 6) is -0.762. The van der Waals surface area contributed by atoms with Gasteiger partial charge in [0.25, 0.3) is 0 Å². The molecule has 3 aromatic rings. The monoisotopic (exact) mass is 520 g/mol. The third kappa shape index (κ3) is 7.83. The highest BCUT2D eigenvalue weighted by molar-refractivity contribution is 6.11. The predicted octanol–water partition coefficient (Wildman–Crippen LogP) is 5.43. The van der Waals surface area contributed by atoms with Gasteiger partial charge < -0.3 is 24.4 Å². The van der Waals surface area contributed by atoms with Gasteiger partial charge in [0, 0.05) is 18.1 Å². The highest BCUT2D eigenvalue weighted by Crippen LogP contribution is 2.29. The van der Waals surface area contributed by atoms with E-state index in [1.807, 2.05) is 13.8 Å². The predicted molar refractivity (Wildman–Crippen MR) is 141 cm³/mol. The van der Waals surface area contributed by atoms with Crippen LogP contribution in [0, 0.1) is 5.92 Å². The lowest BCUT2D eigenvalue weighted by Crippen LogP contribution is -2.07. The number of aliphatic carboxylic acids is 1. The van der Waals surface area contributed by atoms with Gasteiger partial charge in [-0.15, -0.1) is 0 Å². The van der Waals surface area contributed by atoms with Gasteiger partial charge in [-0.25, -0.2) is 4.79 Å². The minimum absolute atomic E-state index is 0.112. The highest BCUT2D eigenvalue weighted by Gasteiger charge is 2.18. The molecule has 0 aromatic heterocycles. The fourth-order valence-electron chi connectivity index (χ4n) is 3.62. The molecule has 200 valence electrons. The Hall–Kier alpha value is -4.33. The molecule has 0 amide bonds. The van der Waals surface area contributed by atoms with Crippen molar-refractivity contribution < 1.29 is 38.8 Å². The second-order valence-corrected chi connectivity index (χ2v) is 9.14. The van der Waals surface area contributed by atoms with Gasteiger partial charge in [-0.1, -0.05) is 26.0 Å². The zero-order valence-corrected chi connectivity index (χ0v) is 21.7. The van der Waals surface area contributed by atoms with Crippen molar-refractivity contribution in [1.82, 2.24) is 0 Å². The number of carbonyl (C=O) groups is 3. The van der Waals surface area contributed by atoms with E-state index in [9.17, 15) is 24.6 Å². The molecule has 0 saturated heterocycles. The van der Waals surface area contributed by atoms with Gasteiger partial charge in [0.15, 0.2) is 5.78 Å². The maximum absolute atomic E-state index is 13.2. The second-order valence-electron chi connectivity index (χ2n) is 9.14. The Kier molecular flexibility index (Phi) is 9.87. The highest BCUT2D eigenvalue weighted by atomic mass is 16.5. The molecule has 0 radical (unpaired) electrons. The number of phenolic OH excluding ortho intramolecular Hbond substituents is 1. The van der Waals surface area contributed by atoms with E-state index in [1.54, 1.807) is 55.5 Å². The first-order valence-electron chi connectivity index (χ1n) is 12.4. The van der Waals surface area contributed by atoms with Crippen LogP contribution in [0.2, 0.25) is 0 Å². The average molecular weight is 521 g/mol. The Morgan fingerprint density at radius 1 is 0.895 bits per heavy atom. The SMILES string of the molecule is CCOC(=O)c1ccc(COc2ccc(C(=O)c3ccc(OCC(C)C)cc3O)cc2CCC(=O)O)cc1. The van der Waals surface area contributed by atoms with E-state index in [-0.39, 0.29) is 30.8 Å². The van der Waals surface area contributed by atoms with Gasteiger partial charge >= 0.3 is 11.9 Å². The number of benzene rings is 3. The molecule has 0 aliphatic heterocycles. The van der Waals surface area contributed by atoms with Crippen molar-refractivity contribution in [3.8, 4) is 17.2 Å². The van der Waals surface area contributed by atoms with E-state index in [4.69, 9.17) is 14.2 Å².